The Hall–Kier alpha value is -3.72. The molecule has 3 aromatic rings. The second-order valence-electron chi connectivity index (χ2n) is 5.97. The number of carbonyl (C=O) groups is 2. The third kappa shape index (κ3) is 4.41. The summed E-state index contributed by atoms with van der Waals surface area (Å²) < 4.78 is 11.2. The molecule has 1 amide bonds. The van der Waals surface area contributed by atoms with Gasteiger partial charge < -0.3 is 19.9 Å². The van der Waals surface area contributed by atoms with Gasteiger partial charge in [0.05, 0.1) is 31.3 Å². The first-order chi connectivity index (χ1) is 14.0. The molecule has 1 aromatic heterocycles. The lowest BCUT2D eigenvalue weighted by Crippen LogP contribution is -2.28. The molecule has 29 heavy (non-hydrogen) atoms. The lowest BCUT2D eigenvalue weighted by atomic mass is 10.1. The molecule has 0 fully saturated rings. The average Bonchev–Trinajstić information content (AvgIpc) is 2.74. The van der Waals surface area contributed by atoms with Gasteiger partial charge in [-0.2, -0.15) is 5.10 Å². The van der Waals surface area contributed by atoms with Crippen LogP contribution in [0.5, 0.6) is 5.75 Å². The summed E-state index contributed by atoms with van der Waals surface area (Å²) in [6, 6.07) is 13.3. The molecule has 0 unspecified atom stereocenters. The highest BCUT2D eigenvalue weighted by Gasteiger charge is 2.19. The predicted octanol–water partition coefficient (Wildman–Crippen LogP) is 1.19. The van der Waals surface area contributed by atoms with E-state index in [1.54, 1.807) is 48.5 Å². The standard InChI is InChI=1S/C20H19N3O6/c1-28-16-9-5-4-8-15(16)21-17(25)12-29-20(27)18-13-6-2-3-7-14(13)19(26)23(22-18)10-11-24/h2-9,24H,10-12H2,1H3,(H,21,25). The maximum absolute atomic E-state index is 12.5. The van der Waals surface area contributed by atoms with Crippen LogP contribution >= 0.6 is 0 Å². The summed E-state index contributed by atoms with van der Waals surface area (Å²) in [5.74, 6) is -0.949. The Morgan fingerprint density at radius 3 is 2.52 bits per heavy atom. The molecule has 0 bridgehead atoms. The van der Waals surface area contributed by atoms with E-state index in [4.69, 9.17) is 14.6 Å². The van der Waals surface area contributed by atoms with Crippen molar-refractivity contribution < 1.29 is 24.2 Å². The van der Waals surface area contributed by atoms with Crippen molar-refractivity contribution in [1.29, 1.82) is 0 Å². The van der Waals surface area contributed by atoms with Gasteiger partial charge in [0, 0.05) is 5.39 Å². The first-order valence-electron chi connectivity index (χ1n) is 8.76. The Morgan fingerprint density at radius 1 is 1.10 bits per heavy atom. The summed E-state index contributed by atoms with van der Waals surface area (Å²) in [5.41, 5.74) is -0.102. The van der Waals surface area contributed by atoms with E-state index in [9.17, 15) is 14.4 Å². The number of aliphatic hydroxyl groups excluding tert-OH is 1. The Morgan fingerprint density at radius 2 is 1.79 bits per heavy atom. The maximum atomic E-state index is 12.5. The summed E-state index contributed by atoms with van der Waals surface area (Å²) in [6.45, 7) is -0.939. The summed E-state index contributed by atoms with van der Waals surface area (Å²) in [6.07, 6.45) is 0. The molecule has 0 aliphatic heterocycles. The van der Waals surface area contributed by atoms with Gasteiger partial charge in [0.2, 0.25) is 0 Å². The highest BCUT2D eigenvalue weighted by atomic mass is 16.5. The SMILES string of the molecule is COc1ccccc1NC(=O)COC(=O)c1nn(CCO)c(=O)c2ccccc12. The van der Waals surface area contributed by atoms with E-state index in [1.807, 2.05) is 0 Å². The number of hydrogen-bond donors (Lipinski definition) is 2. The zero-order valence-electron chi connectivity index (χ0n) is 15.6. The van der Waals surface area contributed by atoms with Crippen LogP contribution in [-0.4, -0.2) is 47.1 Å². The Labute approximate surface area is 165 Å². The molecule has 2 aromatic carbocycles. The number of fused-ring (bicyclic) bond motifs is 1. The van der Waals surface area contributed by atoms with E-state index < -0.39 is 24.0 Å². The van der Waals surface area contributed by atoms with Crippen molar-refractivity contribution in [2.24, 2.45) is 0 Å². The highest BCUT2D eigenvalue weighted by Crippen LogP contribution is 2.22. The zero-order chi connectivity index (χ0) is 20.8. The van der Waals surface area contributed by atoms with Gasteiger partial charge in [0.15, 0.2) is 12.3 Å². The number of aliphatic hydroxyl groups is 1. The lowest BCUT2D eigenvalue weighted by Gasteiger charge is -2.11. The molecule has 0 aliphatic rings. The Kier molecular flexibility index (Phi) is 6.20. The molecule has 0 spiro atoms. The molecular formula is C20H19N3O6. The molecule has 0 aliphatic carbocycles. The number of para-hydroxylation sites is 2. The fourth-order valence-electron chi connectivity index (χ4n) is 2.77. The van der Waals surface area contributed by atoms with E-state index >= 15 is 0 Å². The van der Waals surface area contributed by atoms with E-state index in [0.29, 0.717) is 16.8 Å². The smallest absolute Gasteiger partial charge is 0.359 e. The molecule has 0 atom stereocenters. The quantitative estimate of drug-likeness (QED) is 0.575. The van der Waals surface area contributed by atoms with Crippen LogP contribution in [0.3, 0.4) is 0 Å². The minimum Gasteiger partial charge on any atom is -0.495 e. The summed E-state index contributed by atoms with van der Waals surface area (Å²) in [5, 5.41) is 16.3. The Bertz CT molecular complexity index is 1110. The number of methoxy groups -OCH3 is 1. The van der Waals surface area contributed by atoms with Crippen molar-refractivity contribution in [3.8, 4) is 5.75 Å². The largest absolute Gasteiger partial charge is 0.495 e. The average molecular weight is 397 g/mol. The molecule has 0 radical (unpaired) electrons. The number of ether oxygens (including phenoxy) is 2. The fraction of sp³-hybridized carbons (Fsp3) is 0.200. The molecule has 9 heteroatoms. The van der Waals surface area contributed by atoms with E-state index in [2.05, 4.69) is 10.4 Å². The van der Waals surface area contributed by atoms with Crippen molar-refractivity contribution >= 4 is 28.3 Å². The second-order valence-corrected chi connectivity index (χ2v) is 5.97. The third-order valence-electron chi connectivity index (χ3n) is 4.09. The first kappa shape index (κ1) is 20.0. The van der Waals surface area contributed by atoms with Gasteiger partial charge >= 0.3 is 5.97 Å². The number of hydrogen-bond acceptors (Lipinski definition) is 7. The number of nitrogens with one attached hydrogen (secondary N) is 1. The molecule has 3 rings (SSSR count). The minimum absolute atomic E-state index is 0.0712. The Balaban J connectivity index is 1.78. The molecule has 9 nitrogen and oxygen atoms in total. The molecule has 1 heterocycles. The van der Waals surface area contributed by atoms with Crippen LogP contribution in [0.2, 0.25) is 0 Å². The summed E-state index contributed by atoms with van der Waals surface area (Å²) >= 11 is 0. The van der Waals surface area contributed by atoms with E-state index in [0.717, 1.165) is 4.68 Å². The molecule has 150 valence electrons. The monoisotopic (exact) mass is 397 g/mol. The molecule has 0 saturated carbocycles. The highest BCUT2D eigenvalue weighted by molar-refractivity contribution is 6.03. The number of aromatic nitrogens is 2. The number of carbonyl (C=O) groups excluding carboxylic acids is 2. The lowest BCUT2D eigenvalue weighted by molar-refractivity contribution is -0.119. The predicted molar refractivity (Wildman–Crippen MR) is 105 cm³/mol. The van der Waals surface area contributed by atoms with Crippen LogP contribution < -0.4 is 15.6 Å². The van der Waals surface area contributed by atoms with Crippen molar-refractivity contribution in [3.05, 3.63) is 64.6 Å². The minimum atomic E-state index is -0.858. The van der Waals surface area contributed by atoms with Crippen LogP contribution in [0, 0.1) is 0 Å². The van der Waals surface area contributed by atoms with Crippen molar-refractivity contribution in [2.75, 3.05) is 25.6 Å². The summed E-state index contributed by atoms with van der Waals surface area (Å²) in [7, 11) is 1.48. The van der Waals surface area contributed by atoms with Crippen LogP contribution in [0.25, 0.3) is 10.8 Å². The van der Waals surface area contributed by atoms with E-state index in [1.165, 1.54) is 7.11 Å². The van der Waals surface area contributed by atoms with Crippen LogP contribution in [-0.2, 0) is 16.1 Å². The summed E-state index contributed by atoms with van der Waals surface area (Å²) in [4.78, 5) is 37.1. The number of amides is 1. The van der Waals surface area contributed by atoms with Gasteiger partial charge in [0.25, 0.3) is 11.5 Å². The van der Waals surface area contributed by atoms with Gasteiger partial charge in [-0.05, 0) is 18.2 Å². The van der Waals surface area contributed by atoms with Gasteiger partial charge in [-0.15, -0.1) is 0 Å². The van der Waals surface area contributed by atoms with Crippen molar-refractivity contribution in [3.63, 3.8) is 0 Å². The number of anilines is 1. The van der Waals surface area contributed by atoms with Gasteiger partial charge in [-0.3, -0.25) is 9.59 Å². The van der Waals surface area contributed by atoms with E-state index in [-0.39, 0.29) is 24.2 Å². The van der Waals surface area contributed by atoms with Crippen molar-refractivity contribution in [1.82, 2.24) is 9.78 Å². The number of esters is 1. The topological polar surface area (TPSA) is 120 Å². The fourth-order valence-corrected chi connectivity index (χ4v) is 2.77. The second kappa shape index (κ2) is 8.98. The normalized spacial score (nSPS) is 10.6. The zero-order valence-corrected chi connectivity index (χ0v) is 15.6. The van der Waals surface area contributed by atoms with Crippen LogP contribution in [0.1, 0.15) is 10.5 Å². The maximum Gasteiger partial charge on any atom is 0.359 e. The number of nitrogens with zero attached hydrogens (tertiary/aromatic N) is 2. The van der Waals surface area contributed by atoms with Crippen molar-refractivity contribution in [2.45, 2.75) is 6.54 Å². The van der Waals surface area contributed by atoms with Crippen LogP contribution in [0.4, 0.5) is 5.69 Å². The number of benzene rings is 2. The van der Waals surface area contributed by atoms with Gasteiger partial charge in [-0.1, -0.05) is 30.3 Å². The third-order valence-corrected chi connectivity index (χ3v) is 4.09. The van der Waals surface area contributed by atoms with Gasteiger partial charge in [-0.25, -0.2) is 9.48 Å². The van der Waals surface area contributed by atoms with Gasteiger partial charge in [0.1, 0.15) is 5.75 Å². The molecule has 2 N–H and O–H groups in total. The first-order valence-corrected chi connectivity index (χ1v) is 8.76. The molecular weight excluding hydrogens is 378 g/mol. The van der Waals surface area contributed by atoms with Crippen LogP contribution in [0.15, 0.2) is 53.3 Å². The number of rotatable bonds is 7. The molecule has 0 saturated heterocycles.